The van der Waals surface area contributed by atoms with Gasteiger partial charge in [-0.3, -0.25) is 4.90 Å². The van der Waals surface area contributed by atoms with Crippen molar-refractivity contribution in [1.82, 2.24) is 4.90 Å². The Balaban J connectivity index is 2.84. The third kappa shape index (κ3) is 3.07. The van der Waals surface area contributed by atoms with Crippen LogP contribution in [0.25, 0.3) is 0 Å². The lowest BCUT2D eigenvalue weighted by Crippen LogP contribution is -2.30. The second-order valence-electron chi connectivity index (χ2n) is 3.93. The molecule has 0 N–H and O–H groups in total. The molecule has 0 bridgehead atoms. The number of nitrogens with zero attached hydrogens (tertiary/aromatic N) is 2. The second-order valence-corrected chi connectivity index (χ2v) is 3.93. The van der Waals surface area contributed by atoms with E-state index < -0.39 is 0 Å². The monoisotopic (exact) mass is 202 g/mol. The van der Waals surface area contributed by atoms with Gasteiger partial charge in [0.05, 0.1) is 11.6 Å². The van der Waals surface area contributed by atoms with Crippen LogP contribution in [-0.4, -0.2) is 17.5 Å². The van der Waals surface area contributed by atoms with E-state index in [1.165, 1.54) is 0 Å². The molecule has 0 saturated heterocycles. The molecule has 0 fully saturated rings. The molecule has 1 aromatic carbocycles. The summed E-state index contributed by atoms with van der Waals surface area (Å²) in [5.74, 6) is 0. The van der Waals surface area contributed by atoms with E-state index >= 15 is 0 Å². The van der Waals surface area contributed by atoms with Crippen LogP contribution in [0.15, 0.2) is 24.3 Å². The lowest BCUT2D eigenvalue weighted by atomic mass is 10.1. The number of nitriles is 1. The molecule has 0 aliphatic rings. The smallest absolute Gasteiger partial charge is 0.0995 e. The van der Waals surface area contributed by atoms with E-state index in [9.17, 15) is 0 Å². The van der Waals surface area contributed by atoms with Crippen molar-refractivity contribution in [2.45, 2.75) is 33.4 Å². The third-order valence-corrected chi connectivity index (χ3v) is 2.65. The SMILES string of the molecule is CCN(Cc1ccccc1C#N)C(C)C. The van der Waals surface area contributed by atoms with Gasteiger partial charge in [0, 0.05) is 12.6 Å². The highest BCUT2D eigenvalue weighted by Crippen LogP contribution is 2.12. The number of rotatable bonds is 4. The van der Waals surface area contributed by atoms with E-state index in [1.807, 2.05) is 24.3 Å². The Morgan fingerprint density at radius 1 is 1.33 bits per heavy atom. The lowest BCUT2D eigenvalue weighted by molar-refractivity contribution is 0.225. The molecule has 2 heteroatoms. The van der Waals surface area contributed by atoms with Crippen LogP contribution in [0, 0.1) is 11.3 Å². The first-order valence-electron chi connectivity index (χ1n) is 5.41. The zero-order valence-electron chi connectivity index (χ0n) is 9.70. The highest BCUT2D eigenvalue weighted by atomic mass is 15.1. The largest absolute Gasteiger partial charge is 0.297 e. The van der Waals surface area contributed by atoms with E-state index in [-0.39, 0.29) is 0 Å². The Morgan fingerprint density at radius 2 is 2.00 bits per heavy atom. The van der Waals surface area contributed by atoms with Crippen molar-refractivity contribution in [3.05, 3.63) is 35.4 Å². The zero-order valence-corrected chi connectivity index (χ0v) is 9.70. The molecular weight excluding hydrogens is 184 g/mol. The minimum Gasteiger partial charge on any atom is -0.297 e. The first-order chi connectivity index (χ1) is 7.19. The number of hydrogen-bond acceptors (Lipinski definition) is 2. The molecule has 0 radical (unpaired) electrons. The summed E-state index contributed by atoms with van der Waals surface area (Å²) < 4.78 is 0. The predicted octanol–water partition coefficient (Wildman–Crippen LogP) is 2.79. The van der Waals surface area contributed by atoms with Crippen LogP contribution in [0.4, 0.5) is 0 Å². The summed E-state index contributed by atoms with van der Waals surface area (Å²) in [5, 5.41) is 8.97. The van der Waals surface area contributed by atoms with Crippen molar-refractivity contribution in [2.24, 2.45) is 0 Å². The Bertz CT molecular complexity index is 350. The summed E-state index contributed by atoms with van der Waals surface area (Å²) in [6, 6.07) is 10.6. The highest BCUT2D eigenvalue weighted by Gasteiger charge is 2.09. The van der Waals surface area contributed by atoms with Crippen molar-refractivity contribution in [3.63, 3.8) is 0 Å². The molecule has 0 aliphatic carbocycles. The second kappa shape index (κ2) is 5.53. The number of benzene rings is 1. The van der Waals surface area contributed by atoms with Gasteiger partial charge >= 0.3 is 0 Å². The Kier molecular flexibility index (Phi) is 4.33. The van der Waals surface area contributed by atoms with Gasteiger partial charge in [-0.15, -0.1) is 0 Å². The van der Waals surface area contributed by atoms with Gasteiger partial charge in [0.15, 0.2) is 0 Å². The van der Waals surface area contributed by atoms with Gasteiger partial charge in [-0.05, 0) is 32.0 Å². The van der Waals surface area contributed by atoms with Gasteiger partial charge in [-0.25, -0.2) is 0 Å². The third-order valence-electron chi connectivity index (χ3n) is 2.65. The van der Waals surface area contributed by atoms with E-state index in [1.54, 1.807) is 0 Å². The van der Waals surface area contributed by atoms with E-state index in [0.717, 1.165) is 24.2 Å². The molecule has 0 aliphatic heterocycles. The van der Waals surface area contributed by atoms with Crippen molar-refractivity contribution >= 4 is 0 Å². The van der Waals surface area contributed by atoms with Crippen molar-refractivity contribution in [2.75, 3.05) is 6.54 Å². The normalized spacial score (nSPS) is 10.7. The van der Waals surface area contributed by atoms with Crippen LogP contribution < -0.4 is 0 Å². The molecular formula is C13H18N2. The predicted molar refractivity (Wildman–Crippen MR) is 62.4 cm³/mol. The van der Waals surface area contributed by atoms with Crippen LogP contribution in [0.3, 0.4) is 0 Å². The van der Waals surface area contributed by atoms with Crippen LogP contribution in [0.5, 0.6) is 0 Å². The van der Waals surface area contributed by atoms with Crippen molar-refractivity contribution in [3.8, 4) is 6.07 Å². The van der Waals surface area contributed by atoms with E-state index in [2.05, 4.69) is 31.7 Å². The van der Waals surface area contributed by atoms with Gasteiger partial charge in [0.25, 0.3) is 0 Å². The van der Waals surface area contributed by atoms with Gasteiger partial charge in [0.2, 0.25) is 0 Å². The standard InChI is InChI=1S/C13H18N2/c1-4-15(11(2)3)10-13-8-6-5-7-12(13)9-14/h5-8,11H,4,10H2,1-3H3. The fraction of sp³-hybridized carbons (Fsp3) is 0.462. The first kappa shape index (κ1) is 11.7. The number of hydrogen-bond donors (Lipinski definition) is 0. The Hall–Kier alpha value is -1.33. The minimum absolute atomic E-state index is 0.516. The van der Waals surface area contributed by atoms with Crippen LogP contribution in [0.2, 0.25) is 0 Å². The molecule has 80 valence electrons. The van der Waals surface area contributed by atoms with Crippen molar-refractivity contribution < 1.29 is 0 Å². The van der Waals surface area contributed by atoms with Gasteiger partial charge in [-0.2, -0.15) is 5.26 Å². The van der Waals surface area contributed by atoms with E-state index in [4.69, 9.17) is 5.26 Å². The maximum atomic E-state index is 8.97. The molecule has 0 heterocycles. The average molecular weight is 202 g/mol. The molecule has 0 atom stereocenters. The summed E-state index contributed by atoms with van der Waals surface area (Å²) in [4.78, 5) is 2.34. The molecule has 15 heavy (non-hydrogen) atoms. The average Bonchev–Trinajstić information content (AvgIpc) is 2.25. The van der Waals surface area contributed by atoms with Crippen molar-refractivity contribution in [1.29, 1.82) is 5.26 Å². The molecule has 0 unspecified atom stereocenters. The van der Waals surface area contributed by atoms with Gasteiger partial charge in [-0.1, -0.05) is 25.1 Å². The van der Waals surface area contributed by atoms with Crippen LogP contribution in [0.1, 0.15) is 31.9 Å². The Morgan fingerprint density at radius 3 is 2.53 bits per heavy atom. The maximum Gasteiger partial charge on any atom is 0.0995 e. The summed E-state index contributed by atoms with van der Waals surface area (Å²) in [6.07, 6.45) is 0. The fourth-order valence-corrected chi connectivity index (χ4v) is 1.65. The van der Waals surface area contributed by atoms with Crippen LogP contribution >= 0.6 is 0 Å². The molecule has 0 amide bonds. The summed E-state index contributed by atoms with van der Waals surface area (Å²) in [6.45, 7) is 8.38. The summed E-state index contributed by atoms with van der Waals surface area (Å²) in [7, 11) is 0. The molecule has 0 spiro atoms. The molecule has 0 saturated carbocycles. The molecule has 2 nitrogen and oxygen atoms in total. The maximum absolute atomic E-state index is 8.97. The zero-order chi connectivity index (χ0) is 11.3. The Labute approximate surface area is 92.1 Å². The minimum atomic E-state index is 0.516. The summed E-state index contributed by atoms with van der Waals surface area (Å²) in [5.41, 5.74) is 1.91. The highest BCUT2D eigenvalue weighted by molar-refractivity contribution is 5.37. The quantitative estimate of drug-likeness (QED) is 0.750. The molecule has 0 aromatic heterocycles. The fourth-order valence-electron chi connectivity index (χ4n) is 1.65. The topological polar surface area (TPSA) is 27.0 Å². The van der Waals surface area contributed by atoms with Gasteiger partial charge < -0.3 is 0 Å². The molecule has 1 rings (SSSR count). The van der Waals surface area contributed by atoms with Gasteiger partial charge in [0.1, 0.15) is 0 Å². The lowest BCUT2D eigenvalue weighted by Gasteiger charge is -2.25. The first-order valence-corrected chi connectivity index (χ1v) is 5.41. The van der Waals surface area contributed by atoms with Crippen LogP contribution in [-0.2, 0) is 6.54 Å². The molecule has 1 aromatic rings. The summed E-state index contributed by atoms with van der Waals surface area (Å²) >= 11 is 0. The van der Waals surface area contributed by atoms with E-state index in [0.29, 0.717) is 6.04 Å².